The van der Waals surface area contributed by atoms with Crippen LogP contribution in [0.5, 0.6) is 0 Å². The minimum absolute atomic E-state index is 0.787. The molecule has 0 bridgehead atoms. The minimum Gasteiger partial charge on any atom is -0.398 e. The molecule has 0 aliphatic carbocycles. The summed E-state index contributed by atoms with van der Waals surface area (Å²) < 4.78 is 0.951. The van der Waals surface area contributed by atoms with Crippen molar-refractivity contribution in [2.24, 2.45) is 0 Å². The van der Waals surface area contributed by atoms with Crippen molar-refractivity contribution in [2.75, 3.05) is 5.73 Å². The second kappa shape index (κ2) is 4.33. The van der Waals surface area contributed by atoms with Crippen LogP contribution in [0.3, 0.4) is 0 Å². The molecule has 0 spiro atoms. The first-order valence-corrected chi connectivity index (χ1v) is 6.27. The van der Waals surface area contributed by atoms with Crippen LogP contribution in [0.25, 0.3) is 0 Å². The number of anilines is 1. The second-order valence-electron chi connectivity index (χ2n) is 3.39. The highest BCUT2D eigenvalue weighted by molar-refractivity contribution is 9.10. The molecular weight excluding hydrogens is 272 g/mol. The Bertz CT molecular complexity index is 479. The number of rotatable bonds is 2. The number of nitrogens with zero attached hydrogens (tertiary/aromatic N) is 1. The van der Waals surface area contributed by atoms with Crippen molar-refractivity contribution in [1.82, 2.24) is 4.98 Å². The van der Waals surface area contributed by atoms with E-state index >= 15 is 0 Å². The van der Waals surface area contributed by atoms with Crippen molar-refractivity contribution in [1.29, 1.82) is 0 Å². The van der Waals surface area contributed by atoms with Gasteiger partial charge in [0.2, 0.25) is 0 Å². The summed E-state index contributed by atoms with van der Waals surface area (Å²) in [5.41, 5.74) is 10.8. The molecule has 1 aromatic carbocycles. The number of benzene rings is 1. The lowest BCUT2D eigenvalue weighted by Crippen LogP contribution is -1.92. The highest BCUT2D eigenvalue weighted by Gasteiger charge is 2.04. The first-order chi connectivity index (χ1) is 7.16. The SMILES string of the molecule is Cc1ncsc1Cc1ccc(Br)c(N)c1. The van der Waals surface area contributed by atoms with Crippen molar-refractivity contribution < 1.29 is 0 Å². The predicted octanol–water partition coefficient (Wildman–Crippen LogP) is 3.39. The molecule has 2 rings (SSSR count). The van der Waals surface area contributed by atoms with Gasteiger partial charge in [-0.15, -0.1) is 11.3 Å². The number of nitrogen functional groups attached to an aromatic ring is 1. The summed E-state index contributed by atoms with van der Waals surface area (Å²) in [7, 11) is 0. The van der Waals surface area contributed by atoms with E-state index in [0.717, 1.165) is 22.3 Å². The van der Waals surface area contributed by atoms with Gasteiger partial charge in [-0.1, -0.05) is 6.07 Å². The molecule has 0 atom stereocenters. The molecule has 0 amide bonds. The zero-order chi connectivity index (χ0) is 10.8. The molecule has 0 fully saturated rings. The molecule has 1 heterocycles. The first kappa shape index (κ1) is 10.6. The number of hydrogen-bond acceptors (Lipinski definition) is 3. The third-order valence-corrected chi connectivity index (χ3v) is 3.93. The maximum Gasteiger partial charge on any atom is 0.0797 e. The van der Waals surface area contributed by atoms with E-state index in [-0.39, 0.29) is 0 Å². The van der Waals surface area contributed by atoms with Crippen molar-refractivity contribution in [3.63, 3.8) is 0 Å². The fourth-order valence-electron chi connectivity index (χ4n) is 1.38. The summed E-state index contributed by atoms with van der Waals surface area (Å²) in [6, 6.07) is 6.07. The molecule has 2 nitrogen and oxygen atoms in total. The molecule has 0 aliphatic rings. The van der Waals surface area contributed by atoms with Crippen molar-refractivity contribution in [2.45, 2.75) is 13.3 Å². The van der Waals surface area contributed by atoms with Crippen LogP contribution in [0.2, 0.25) is 0 Å². The van der Waals surface area contributed by atoms with Crippen molar-refractivity contribution in [3.8, 4) is 0 Å². The lowest BCUT2D eigenvalue weighted by Gasteiger charge is -2.03. The lowest BCUT2D eigenvalue weighted by atomic mass is 10.1. The van der Waals surface area contributed by atoms with Crippen LogP contribution >= 0.6 is 27.3 Å². The van der Waals surface area contributed by atoms with Crippen LogP contribution in [0.4, 0.5) is 5.69 Å². The van der Waals surface area contributed by atoms with E-state index in [9.17, 15) is 0 Å². The number of nitrogens with two attached hydrogens (primary N) is 1. The molecule has 15 heavy (non-hydrogen) atoms. The van der Waals surface area contributed by atoms with E-state index in [4.69, 9.17) is 5.73 Å². The first-order valence-electron chi connectivity index (χ1n) is 4.59. The maximum atomic E-state index is 5.83. The zero-order valence-electron chi connectivity index (χ0n) is 8.33. The molecule has 78 valence electrons. The van der Waals surface area contributed by atoms with Crippen molar-refractivity contribution >= 4 is 33.0 Å². The topological polar surface area (TPSA) is 38.9 Å². The quantitative estimate of drug-likeness (QED) is 0.858. The van der Waals surface area contributed by atoms with E-state index in [1.54, 1.807) is 11.3 Å². The van der Waals surface area contributed by atoms with Gasteiger partial charge in [0.25, 0.3) is 0 Å². The maximum absolute atomic E-state index is 5.83. The van der Waals surface area contributed by atoms with Gasteiger partial charge in [0.1, 0.15) is 0 Å². The van der Waals surface area contributed by atoms with Gasteiger partial charge < -0.3 is 5.73 Å². The smallest absolute Gasteiger partial charge is 0.0797 e. The number of thiazole rings is 1. The molecule has 2 N–H and O–H groups in total. The van der Waals surface area contributed by atoms with E-state index in [1.165, 1.54) is 10.4 Å². The zero-order valence-corrected chi connectivity index (χ0v) is 10.7. The highest BCUT2D eigenvalue weighted by atomic mass is 79.9. The number of aryl methyl sites for hydroxylation is 1. The van der Waals surface area contributed by atoms with Crippen LogP contribution in [0, 0.1) is 6.92 Å². The molecule has 2 aromatic rings. The molecule has 0 saturated heterocycles. The average Bonchev–Trinajstić information content (AvgIpc) is 2.59. The fraction of sp³-hybridized carbons (Fsp3) is 0.182. The highest BCUT2D eigenvalue weighted by Crippen LogP contribution is 2.23. The molecule has 0 radical (unpaired) electrons. The van der Waals surface area contributed by atoms with Gasteiger partial charge in [-0.05, 0) is 40.5 Å². The fourth-order valence-corrected chi connectivity index (χ4v) is 2.44. The third kappa shape index (κ3) is 2.38. The number of aromatic nitrogens is 1. The van der Waals surface area contributed by atoms with E-state index < -0.39 is 0 Å². The van der Waals surface area contributed by atoms with E-state index in [2.05, 4.69) is 27.0 Å². The molecule has 4 heteroatoms. The van der Waals surface area contributed by atoms with Gasteiger partial charge in [0.15, 0.2) is 0 Å². The Morgan fingerprint density at radius 2 is 2.27 bits per heavy atom. The summed E-state index contributed by atoms with van der Waals surface area (Å²) in [5.74, 6) is 0. The lowest BCUT2D eigenvalue weighted by molar-refractivity contribution is 1.15. The van der Waals surface area contributed by atoms with E-state index in [1.807, 2.05) is 24.6 Å². The minimum atomic E-state index is 0.787. The summed E-state index contributed by atoms with van der Waals surface area (Å²) in [6.45, 7) is 2.04. The van der Waals surface area contributed by atoms with Crippen LogP contribution < -0.4 is 5.73 Å². The molecule has 0 saturated carbocycles. The van der Waals surface area contributed by atoms with Crippen LogP contribution in [-0.4, -0.2) is 4.98 Å². The van der Waals surface area contributed by atoms with Gasteiger partial charge in [-0.2, -0.15) is 0 Å². The van der Waals surface area contributed by atoms with Crippen LogP contribution in [0.15, 0.2) is 28.2 Å². The Balaban J connectivity index is 2.25. The van der Waals surface area contributed by atoms with Crippen molar-refractivity contribution in [3.05, 3.63) is 44.3 Å². The van der Waals surface area contributed by atoms with Gasteiger partial charge in [-0.3, -0.25) is 0 Å². The van der Waals surface area contributed by atoms with Gasteiger partial charge >= 0.3 is 0 Å². The summed E-state index contributed by atoms with van der Waals surface area (Å²) in [5, 5.41) is 0. The molecule has 0 unspecified atom stereocenters. The largest absolute Gasteiger partial charge is 0.398 e. The second-order valence-corrected chi connectivity index (χ2v) is 5.19. The standard InChI is InChI=1S/C11H11BrN2S/c1-7-11(15-6-14-7)5-8-2-3-9(12)10(13)4-8/h2-4,6H,5,13H2,1H3. The Morgan fingerprint density at radius 3 is 2.87 bits per heavy atom. The number of hydrogen-bond donors (Lipinski definition) is 1. The Hall–Kier alpha value is -0.870. The normalized spacial score (nSPS) is 10.5. The van der Waals surface area contributed by atoms with Gasteiger partial charge in [-0.25, -0.2) is 4.98 Å². The summed E-state index contributed by atoms with van der Waals surface area (Å²) in [4.78, 5) is 5.53. The Labute approximate surface area is 101 Å². The Kier molecular flexibility index (Phi) is 3.07. The third-order valence-electron chi connectivity index (χ3n) is 2.27. The average molecular weight is 283 g/mol. The van der Waals surface area contributed by atoms with Crippen LogP contribution in [0.1, 0.15) is 16.1 Å². The Morgan fingerprint density at radius 1 is 1.47 bits per heavy atom. The van der Waals surface area contributed by atoms with E-state index in [0.29, 0.717) is 0 Å². The monoisotopic (exact) mass is 282 g/mol. The van der Waals surface area contributed by atoms with Gasteiger partial charge in [0.05, 0.1) is 11.2 Å². The predicted molar refractivity (Wildman–Crippen MR) is 68.2 cm³/mol. The van der Waals surface area contributed by atoms with Gasteiger partial charge in [0, 0.05) is 21.5 Å². The molecule has 1 aromatic heterocycles. The molecule has 0 aliphatic heterocycles. The summed E-state index contributed by atoms with van der Waals surface area (Å²) in [6.07, 6.45) is 0.911. The van der Waals surface area contributed by atoms with Crippen LogP contribution in [-0.2, 0) is 6.42 Å². The number of halogens is 1. The summed E-state index contributed by atoms with van der Waals surface area (Å²) >= 11 is 5.08. The molecular formula is C11H11BrN2S.